The highest BCUT2D eigenvalue weighted by atomic mass is 19.1. The summed E-state index contributed by atoms with van der Waals surface area (Å²) in [7, 11) is 0. The van der Waals surface area contributed by atoms with Crippen molar-refractivity contribution in [1.29, 1.82) is 0 Å². The van der Waals surface area contributed by atoms with Gasteiger partial charge in [-0.15, -0.1) is 0 Å². The van der Waals surface area contributed by atoms with Crippen LogP contribution in [-0.4, -0.2) is 58.0 Å². The van der Waals surface area contributed by atoms with Crippen LogP contribution in [0.5, 0.6) is 0 Å². The van der Waals surface area contributed by atoms with Crippen LogP contribution in [0, 0.1) is 11.7 Å². The van der Waals surface area contributed by atoms with Crippen LogP contribution in [0.2, 0.25) is 0 Å². The number of hydrogen-bond donors (Lipinski definition) is 1. The molecule has 0 unspecified atom stereocenters. The number of carbonyl (C=O) groups excluding carboxylic acids is 2. The first-order valence-corrected chi connectivity index (χ1v) is 10.8. The van der Waals surface area contributed by atoms with Crippen molar-refractivity contribution in [2.75, 3.05) is 26.2 Å². The van der Waals surface area contributed by atoms with E-state index in [0.29, 0.717) is 53.8 Å². The standard InChI is InChI=1S/C24H23FN4O3/c25-20-8-7-16(24(32)29-11-9-28(10-12-29)23(31)15-5-6-15)13-17(20)14-21-18-3-1-2-4-19(18)22(30)27-26-21/h1-4,7-8,13,15H,5-6,9-12,14H2,(H,27,30). The van der Waals surface area contributed by atoms with E-state index in [2.05, 4.69) is 10.2 Å². The molecule has 1 N–H and O–H groups in total. The Morgan fingerprint density at radius 3 is 2.41 bits per heavy atom. The van der Waals surface area contributed by atoms with Crippen LogP contribution in [0.1, 0.15) is 34.5 Å². The normalized spacial score (nSPS) is 16.4. The maximum Gasteiger partial charge on any atom is 0.272 e. The minimum absolute atomic E-state index is 0.147. The molecule has 2 heterocycles. The highest BCUT2D eigenvalue weighted by molar-refractivity contribution is 5.94. The Bertz CT molecular complexity index is 1260. The van der Waals surface area contributed by atoms with Crippen molar-refractivity contribution in [3.63, 3.8) is 0 Å². The number of nitrogens with one attached hydrogen (secondary N) is 1. The Morgan fingerprint density at radius 2 is 1.69 bits per heavy atom. The summed E-state index contributed by atoms with van der Waals surface area (Å²) in [5.41, 5.74) is 0.976. The van der Waals surface area contributed by atoms with E-state index in [9.17, 15) is 18.8 Å². The molecule has 1 saturated heterocycles. The lowest BCUT2D eigenvalue weighted by Gasteiger charge is -2.35. The summed E-state index contributed by atoms with van der Waals surface area (Å²) in [6.45, 7) is 2.00. The molecule has 3 aromatic rings. The number of nitrogens with zero attached hydrogens (tertiary/aromatic N) is 3. The van der Waals surface area contributed by atoms with Gasteiger partial charge in [0.25, 0.3) is 11.5 Å². The van der Waals surface area contributed by atoms with E-state index in [1.165, 1.54) is 12.1 Å². The van der Waals surface area contributed by atoms with Crippen LogP contribution in [0.15, 0.2) is 47.3 Å². The molecule has 8 heteroatoms. The van der Waals surface area contributed by atoms with Crippen molar-refractivity contribution in [3.8, 4) is 0 Å². The number of fused-ring (bicyclic) bond motifs is 1. The quantitative estimate of drug-likeness (QED) is 0.683. The number of hydrogen-bond acceptors (Lipinski definition) is 4. The van der Waals surface area contributed by atoms with E-state index in [4.69, 9.17) is 0 Å². The van der Waals surface area contributed by atoms with Crippen LogP contribution in [-0.2, 0) is 11.2 Å². The van der Waals surface area contributed by atoms with Crippen molar-refractivity contribution < 1.29 is 14.0 Å². The van der Waals surface area contributed by atoms with Gasteiger partial charge in [0.15, 0.2) is 0 Å². The van der Waals surface area contributed by atoms with Gasteiger partial charge < -0.3 is 9.80 Å². The summed E-state index contributed by atoms with van der Waals surface area (Å²) in [6, 6.07) is 11.4. The van der Waals surface area contributed by atoms with Crippen LogP contribution >= 0.6 is 0 Å². The summed E-state index contributed by atoms with van der Waals surface area (Å²) in [5.74, 6) is -0.237. The van der Waals surface area contributed by atoms with Crippen molar-refractivity contribution in [1.82, 2.24) is 20.0 Å². The third-order valence-corrected chi connectivity index (χ3v) is 6.23. The van der Waals surface area contributed by atoms with E-state index in [-0.39, 0.29) is 29.7 Å². The maximum atomic E-state index is 14.6. The van der Waals surface area contributed by atoms with Crippen LogP contribution in [0.25, 0.3) is 10.8 Å². The molecule has 1 aliphatic heterocycles. The lowest BCUT2D eigenvalue weighted by Crippen LogP contribution is -2.51. The van der Waals surface area contributed by atoms with Gasteiger partial charge in [0.05, 0.1) is 11.1 Å². The minimum Gasteiger partial charge on any atom is -0.339 e. The molecule has 2 fully saturated rings. The van der Waals surface area contributed by atoms with E-state index < -0.39 is 5.82 Å². The summed E-state index contributed by atoms with van der Waals surface area (Å²) < 4.78 is 14.6. The number of benzene rings is 2. The highest BCUT2D eigenvalue weighted by Gasteiger charge is 2.35. The maximum absolute atomic E-state index is 14.6. The summed E-state index contributed by atoms with van der Waals surface area (Å²) in [5, 5.41) is 7.72. The molecule has 1 saturated carbocycles. The third-order valence-electron chi connectivity index (χ3n) is 6.23. The summed E-state index contributed by atoms with van der Waals surface area (Å²) >= 11 is 0. The number of carbonyl (C=O) groups is 2. The monoisotopic (exact) mass is 434 g/mol. The molecule has 7 nitrogen and oxygen atoms in total. The topological polar surface area (TPSA) is 86.4 Å². The fourth-order valence-corrected chi connectivity index (χ4v) is 4.23. The lowest BCUT2D eigenvalue weighted by molar-refractivity contribution is -0.134. The molecule has 5 rings (SSSR count). The summed E-state index contributed by atoms with van der Waals surface area (Å²) in [4.78, 5) is 40.8. The van der Waals surface area contributed by atoms with Gasteiger partial charge >= 0.3 is 0 Å². The molecule has 0 spiro atoms. The highest BCUT2D eigenvalue weighted by Crippen LogP contribution is 2.31. The molecule has 2 aliphatic rings. The lowest BCUT2D eigenvalue weighted by atomic mass is 10.0. The number of rotatable bonds is 4. The number of amides is 2. The van der Waals surface area contributed by atoms with Crippen molar-refractivity contribution in [3.05, 3.63) is 75.5 Å². The van der Waals surface area contributed by atoms with Gasteiger partial charge in [0.1, 0.15) is 5.82 Å². The summed E-state index contributed by atoms with van der Waals surface area (Å²) in [6.07, 6.45) is 2.08. The molecule has 2 aromatic carbocycles. The average Bonchev–Trinajstić information content (AvgIpc) is 3.67. The number of aromatic nitrogens is 2. The van der Waals surface area contributed by atoms with E-state index in [1.807, 2.05) is 4.90 Å². The number of aromatic amines is 1. The molecule has 0 bridgehead atoms. The van der Waals surface area contributed by atoms with E-state index in [1.54, 1.807) is 35.2 Å². The Balaban J connectivity index is 1.34. The van der Waals surface area contributed by atoms with Crippen LogP contribution < -0.4 is 5.56 Å². The molecular weight excluding hydrogens is 411 g/mol. The largest absolute Gasteiger partial charge is 0.339 e. The number of halogens is 1. The molecule has 0 radical (unpaired) electrons. The van der Waals surface area contributed by atoms with E-state index in [0.717, 1.165) is 12.8 Å². The van der Waals surface area contributed by atoms with Gasteiger partial charge in [-0.2, -0.15) is 5.10 Å². The van der Waals surface area contributed by atoms with Crippen molar-refractivity contribution >= 4 is 22.6 Å². The van der Waals surface area contributed by atoms with Gasteiger partial charge in [0.2, 0.25) is 5.91 Å². The van der Waals surface area contributed by atoms with Crippen molar-refractivity contribution in [2.45, 2.75) is 19.3 Å². The first-order valence-electron chi connectivity index (χ1n) is 10.8. The van der Waals surface area contributed by atoms with E-state index >= 15 is 0 Å². The first-order chi connectivity index (χ1) is 15.5. The Labute approximate surface area is 183 Å². The van der Waals surface area contributed by atoms with Gasteiger partial charge in [-0.1, -0.05) is 18.2 Å². The zero-order valence-electron chi connectivity index (χ0n) is 17.5. The predicted octanol–water partition coefficient (Wildman–Crippen LogP) is 2.35. The Hall–Kier alpha value is -3.55. The molecule has 1 aromatic heterocycles. The van der Waals surface area contributed by atoms with Gasteiger partial charge in [-0.05, 0) is 42.7 Å². The van der Waals surface area contributed by atoms with Gasteiger partial charge in [-0.3, -0.25) is 14.4 Å². The second-order valence-electron chi connectivity index (χ2n) is 8.42. The Kier molecular flexibility index (Phi) is 5.20. The molecule has 2 amide bonds. The molecule has 164 valence electrons. The Morgan fingerprint density at radius 1 is 1.00 bits per heavy atom. The zero-order valence-corrected chi connectivity index (χ0v) is 17.5. The molecule has 1 aliphatic carbocycles. The first kappa shape index (κ1) is 20.4. The third kappa shape index (κ3) is 3.88. The van der Waals surface area contributed by atoms with Crippen molar-refractivity contribution in [2.24, 2.45) is 5.92 Å². The van der Waals surface area contributed by atoms with Gasteiger partial charge in [0, 0.05) is 49.5 Å². The fraction of sp³-hybridized carbons (Fsp3) is 0.333. The number of piperazine rings is 1. The smallest absolute Gasteiger partial charge is 0.272 e. The van der Waals surface area contributed by atoms with Crippen LogP contribution in [0.3, 0.4) is 0 Å². The SMILES string of the molecule is O=C(c1ccc(F)c(Cc2n[nH]c(=O)c3ccccc23)c1)N1CCN(C(=O)C2CC2)CC1. The molecule has 32 heavy (non-hydrogen) atoms. The fourth-order valence-electron chi connectivity index (χ4n) is 4.23. The average molecular weight is 434 g/mol. The second kappa shape index (κ2) is 8.18. The minimum atomic E-state index is -0.432. The molecule has 0 atom stereocenters. The second-order valence-corrected chi connectivity index (χ2v) is 8.42. The number of H-pyrrole nitrogens is 1. The zero-order chi connectivity index (χ0) is 22.2. The van der Waals surface area contributed by atoms with Crippen LogP contribution in [0.4, 0.5) is 4.39 Å². The molecular formula is C24H23FN4O3. The predicted molar refractivity (Wildman–Crippen MR) is 117 cm³/mol. The van der Waals surface area contributed by atoms with Gasteiger partial charge in [-0.25, -0.2) is 9.49 Å².